The number of aromatic nitrogens is 1. The van der Waals surface area contributed by atoms with Gasteiger partial charge in [-0.3, -0.25) is 9.78 Å². The molecule has 1 fully saturated rings. The molecule has 5 nitrogen and oxygen atoms in total. The molecule has 0 saturated carbocycles. The van der Waals surface area contributed by atoms with Gasteiger partial charge in [-0.25, -0.2) is 0 Å². The highest BCUT2D eigenvalue weighted by Gasteiger charge is 2.16. The van der Waals surface area contributed by atoms with Crippen molar-refractivity contribution in [3.8, 4) is 5.75 Å². The first-order valence-corrected chi connectivity index (χ1v) is 7.94. The largest absolute Gasteiger partial charge is 0.489 e. The lowest BCUT2D eigenvalue weighted by atomic mass is 10.1. The molecule has 1 aromatic heterocycles. The van der Waals surface area contributed by atoms with Gasteiger partial charge in [-0.15, -0.1) is 0 Å². The van der Waals surface area contributed by atoms with Crippen molar-refractivity contribution < 1.29 is 9.53 Å². The van der Waals surface area contributed by atoms with Crippen LogP contribution in [-0.2, 0) is 6.61 Å². The van der Waals surface area contributed by atoms with Crippen LogP contribution in [0.4, 0.5) is 0 Å². The molecule has 120 valence electrons. The van der Waals surface area contributed by atoms with Gasteiger partial charge in [0.1, 0.15) is 12.4 Å². The van der Waals surface area contributed by atoms with Crippen molar-refractivity contribution in [1.82, 2.24) is 15.6 Å². The standard InChI is InChI=1S/C18H21N3O2/c22-18(21-16-6-3-9-20-12-16)15-5-1-7-17(10-15)23-13-14-4-2-8-19-11-14/h1-2,4-5,7-8,10-11,16,20H,3,6,9,12-13H2,(H,21,22)/t16-/m0/s1. The Morgan fingerprint density at radius 3 is 3.09 bits per heavy atom. The maximum absolute atomic E-state index is 12.3. The van der Waals surface area contributed by atoms with E-state index < -0.39 is 0 Å². The number of carbonyl (C=O) groups is 1. The van der Waals surface area contributed by atoms with Crippen molar-refractivity contribution in [3.05, 3.63) is 59.9 Å². The van der Waals surface area contributed by atoms with Gasteiger partial charge < -0.3 is 15.4 Å². The molecule has 0 aliphatic carbocycles. The highest BCUT2D eigenvalue weighted by Crippen LogP contribution is 2.15. The van der Waals surface area contributed by atoms with E-state index in [0.29, 0.717) is 17.9 Å². The topological polar surface area (TPSA) is 63.2 Å². The number of nitrogens with one attached hydrogen (secondary N) is 2. The predicted molar refractivity (Wildman–Crippen MR) is 88.4 cm³/mol. The summed E-state index contributed by atoms with van der Waals surface area (Å²) in [6, 6.07) is 11.3. The van der Waals surface area contributed by atoms with Gasteiger partial charge in [0.2, 0.25) is 0 Å². The summed E-state index contributed by atoms with van der Waals surface area (Å²) in [5.74, 6) is 0.633. The molecule has 5 heteroatoms. The summed E-state index contributed by atoms with van der Waals surface area (Å²) in [6.45, 7) is 2.30. The van der Waals surface area contributed by atoms with E-state index in [1.165, 1.54) is 0 Å². The number of hydrogen-bond acceptors (Lipinski definition) is 4. The van der Waals surface area contributed by atoms with E-state index in [1.807, 2.05) is 30.3 Å². The molecule has 1 aromatic carbocycles. The first kappa shape index (κ1) is 15.5. The fraction of sp³-hybridized carbons (Fsp3) is 0.333. The monoisotopic (exact) mass is 311 g/mol. The second-order valence-corrected chi connectivity index (χ2v) is 5.69. The Morgan fingerprint density at radius 2 is 2.30 bits per heavy atom. The maximum atomic E-state index is 12.3. The van der Waals surface area contributed by atoms with Crippen LogP contribution in [0.2, 0.25) is 0 Å². The zero-order valence-electron chi connectivity index (χ0n) is 13.0. The fourth-order valence-corrected chi connectivity index (χ4v) is 2.62. The molecular formula is C18H21N3O2. The minimum Gasteiger partial charge on any atom is -0.489 e. The Morgan fingerprint density at radius 1 is 1.35 bits per heavy atom. The molecule has 2 N–H and O–H groups in total. The summed E-state index contributed by atoms with van der Waals surface area (Å²) in [7, 11) is 0. The van der Waals surface area contributed by atoms with Gasteiger partial charge in [0, 0.05) is 36.1 Å². The molecule has 1 aliphatic rings. The van der Waals surface area contributed by atoms with Gasteiger partial charge in [-0.1, -0.05) is 12.1 Å². The number of carbonyl (C=O) groups excluding carboxylic acids is 1. The number of piperidine rings is 1. The van der Waals surface area contributed by atoms with Gasteiger partial charge in [0.15, 0.2) is 0 Å². The number of rotatable bonds is 5. The number of benzene rings is 1. The number of nitrogens with zero attached hydrogens (tertiary/aromatic N) is 1. The summed E-state index contributed by atoms with van der Waals surface area (Å²) in [5.41, 5.74) is 1.62. The van der Waals surface area contributed by atoms with Crippen LogP contribution < -0.4 is 15.4 Å². The van der Waals surface area contributed by atoms with Crippen LogP contribution >= 0.6 is 0 Å². The molecule has 3 rings (SSSR count). The van der Waals surface area contributed by atoms with Crippen LogP contribution in [0.25, 0.3) is 0 Å². The molecule has 1 aliphatic heterocycles. The number of pyridine rings is 1. The third-order valence-electron chi connectivity index (χ3n) is 3.86. The average molecular weight is 311 g/mol. The molecule has 0 radical (unpaired) electrons. The first-order valence-electron chi connectivity index (χ1n) is 7.94. The Kier molecular flexibility index (Phi) is 5.21. The lowest BCUT2D eigenvalue weighted by Crippen LogP contribution is -2.45. The quantitative estimate of drug-likeness (QED) is 0.888. The second-order valence-electron chi connectivity index (χ2n) is 5.69. The van der Waals surface area contributed by atoms with E-state index in [9.17, 15) is 4.79 Å². The molecule has 2 aromatic rings. The molecule has 1 atom stereocenters. The van der Waals surface area contributed by atoms with Crippen molar-refractivity contribution in [2.24, 2.45) is 0 Å². The van der Waals surface area contributed by atoms with Gasteiger partial charge in [0.25, 0.3) is 5.91 Å². The summed E-state index contributed by atoms with van der Waals surface area (Å²) >= 11 is 0. The second kappa shape index (κ2) is 7.74. The van der Waals surface area contributed by atoms with E-state index >= 15 is 0 Å². The first-order chi connectivity index (χ1) is 11.3. The maximum Gasteiger partial charge on any atom is 0.251 e. The average Bonchev–Trinajstić information content (AvgIpc) is 2.62. The van der Waals surface area contributed by atoms with Crippen LogP contribution in [0.5, 0.6) is 5.75 Å². The summed E-state index contributed by atoms with van der Waals surface area (Å²) in [6.07, 6.45) is 5.62. The normalized spacial score (nSPS) is 17.5. The Hall–Kier alpha value is -2.40. The van der Waals surface area contributed by atoms with E-state index in [-0.39, 0.29) is 11.9 Å². The lowest BCUT2D eigenvalue weighted by molar-refractivity contribution is 0.0930. The summed E-state index contributed by atoms with van der Waals surface area (Å²) in [4.78, 5) is 16.4. The molecule has 1 saturated heterocycles. The van der Waals surface area contributed by atoms with E-state index in [0.717, 1.165) is 31.5 Å². The fourth-order valence-electron chi connectivity index (χ4n) is 2.62. The lowest BCUT2D eigenvalue weighted by Gasteiger charge is -2.23. The van der Waals surface area contributed by atoms with Crippen molar-refractivity contribution in [1.29, 1.82) is 0 Å². The van der Waals surface area contributed by atoms with Gasteiger partial charge in [-0.05, 0) is 43.7 Å². The molecular weight excluding hydrogens is 290 g/mol. The minimum atomic E-state index is -0.0504. The third kappa shape index (κ3) is 4.53. The molecule has 23 heavy (non-hydrogen) atoms. The zero-order valence-corrected chi connectivity index (χ0v) is 13.0. The van der Waals surface area contributed by atoms with Crippen LogP contribution in [0.1, 0.15) is 28.8 Å². The summed E-state index contributed by atoms with van der Waals surface area (Å²) in [5, 5.41) is 6.37. The molecule has 0 bridgehead atoms. The zero-order chi connectivity index (χ0) is 15.9. The van der Waals surface area contributed by atoms with Crippen molar-refractivity contribution >= 4 is 5.91 Å². The smallest absolute Gasteiger partial charge is 0.251 e. The van der Waals surface area contributed by atoms with E-state index in [1.54, 1.807) is 18.5 Å². The number of amides is 1. The van der Waals surface area contributed by atoms with Gasteiger partial charge in [0.05, 0.1) is 0 Å². The molecule has 2 heterocycles. The number of hydrogen-bond donors (Lipinski definition) is 2. The van der Waals surface area contributed by atoms with Crippen molar-refractivity contribution in [3.63, 3.8) is 0 Å². The molecule has 0 unspecified atom stereocenters. The third-order valence-corrected chi connectivity index (χ3v) is 3.86. The van der Waals surface area contributed by atoms with E-state index in [4.69, 9.17) is 4.74 Å². The van der Waals surface area contributed by atoms with Gasteiger partial charge >= 0.3 is 0 Å². The SMILES string of the molecule is O=C(N[C@H]1CCCNC1)c1cccc(OCc2cccnc2)c1. The van der Waals surface area contributed by atoms with Crippen LogP contribution in [0.3, 0.4) is 0 Å². The minimum absolute atomic E-state index is 0.0504. The Bertz CT molecular complexity index is 640. The summed E-state index contributed by atoms with van der Waals surface area (Å²) < 4.78 is 5.74. The highest BCUT2D eigenvalue weighted by atomic mass is 16.5. The molecule has 0 spiro atoms. The van der Waals surface area contributed by atoms with Crippen molar-refractivity contribution in [2.75, 3.05) is 13.1 Å². The van der Waals surface area contributed by atoms with Crippen molar-refractivity contribution in [2.45, 2.75) is 25.5 Å². The van der Waals surface area contributed by atoms with Crippen LogP contribution in [0, 0.1) is 0 Å². The number of ether oxygens (including phenoxy) is 1. The predicted octanol–water partition coefficient (Wildman–Crippen LogP) is 2.14. The Balaban J connectivity index is 1.59. The van der Waals surface area contributed by atoms with E-state index in [2.05, 4.69) is 15.6 Å². The molecule has 1 amide bonds. The Labute approximate surface area is 136 Å². The van der Waals surface area contributed by atoms with Crippen LogP contribution in [0.15, 0.2) is 48.8 Å². The van der Waals surface area contributed by atoms with Gasteiger partial charge in [-0.2, -0.15) is 0 Å². The van der Waals surface area contributed by atoms with Crippen LogP contribution in [-0.4, -0.2) is 30.0 Å². The highest BCUT2D eigenvalue weighted by molar-refractivity contribution is 5.94.